The third-order valence-corrected chi connectivity index (χ3v) is 9.59. The molecule has 4 aromatic carbocycles. The van der Waals surface area contributed by atoms with E-state index in [-0.39, 0.29) is 0 Å². The summed E-state index contributed by atoms with van der Waals surface area (Å²) >= 11 is 57.7. The van der Waals surface area contributed by atoms with Crippen LogP contribution in [0.15, 0.2) is 133 Å². The molecule has 6 nitrogen and oxygen atoms in total. The number of rotatable bonds is 7. The summed E-state index contributed by atoms with van der Waals surface area (Å²) in [7, 11) is -10.7. The van der Waals surface area contributed by atoms with Gasteiger partial charge in [-0.05, 0) is 101 Å². The molecular weight excluding hydrogens is 1260 g/mol. The first-order valence-corrected chi connectivity index (χ1v) is 29.5. The molecule has 0 spiro atoms. The van der Waals surface area contributed by atoms with Gasteiger partial charge in [0.05, 0.1) is 44.4 Å². The van der Waals surface area contributed by atoms with Crippen molar-refractivity contribution >= 4 is 147 Å². The first kappa shape index (κ1) is 69.6. The standard InChI is InChI=1S/C46H48N2O4.4CHCl3.F6P/c1-2-4-7-35(6-3-1)8-5-25-47-28-36-13-19-41(20-14-36)42-26-43-33-49-29-37-15-21-45(22-16-37)51-31-39-9-10-40(12-11-39)32-52-46-23-17-38(18-24-46)30-50-34-44(27-42)48-43;4*2-1(3)4;1-7(2,3,4,5)6/h1,3-4,7,9-24,26-27,35,47H,2,5-6,8,25,28-34H2;4*1H;/q;;;;;-1/p+1/t35-;;;;;/m0...../s1. The van der Waals surface area contributed by atoms with E-state index in [0.717, 1.165) is 75.8 Å². The Morgan fingerprint density at radius 2 is 0.880 bits per heavy atom. The molecule has 1 atom stereocenters. The van der Waals surface area contributed by atoms with Gasteiger partial charge in [-0.3, -0.25) is 4.98 Å². The van der Waals surface area contributed by atoms with Crippen molar-refractivity contribution in [2.75, 3.05) is 6.54 Å². The fourth-order valence-electron chi connectivity index (χ4n) is 6.58. The Kier molecular flexibility index (Phi) is 33.4. The fraction of sp³-hybridized carbons (Fsp3) is 0.340. The van der Waals surface area contributed by atoms with Gasteiger partial charge in [0.25, 0.3) is 0 Å². The van der Waals surface area contributed by atoms with Gasteiger partial charge in [0.1, 0.15) is 31.3 Å². The first-order chi connectivity index (χ1) is 35.1. The van der Waals surface area contributed by atoms with Gasteiger partial charge in [0.2, 0.25) is 0 Å². The maximum absolute atomic E-state index is 10.7. The Hall–Kier alpha value is -1.52. The summed E-state index contributed by atoms with van der Waals surface area (Å²) < 4.78 is 80.7. The number of nitrogens with zero attached hydrogens (tertiary/aromatic N) is 1. The van der Waals surface area contributed by atoms with Crippen LogP contribution in [0.25, 0.3) is 11.1 Å². The van der Waals surface area contributed by atoms with Crippen molar-refractivity contribution in [3.8, 4) is 22.6 Å². The Bertz CT molecular complexity index is 2260. The summed E-state index contributed by atoms with van der Waals surface area (Å²) in [6, 6.07) is 37.8. The van der Waals surface area contributed by atoms with Crippen LogP contribution in [0.1, 0.15) is 64.9 Å². The number of nitrogens with two attached hydrogens (primary N) is 1. The van der Waals surface area contributed by atoms with Crippen molar-refractivity contribution in [2.45, 2.75) is 89.1 Å². The molecule has 5 aromatic rings. The van der Waals surface area contributed by atoms with Crippen LogP contribution in [0.2, 0.25) is 0 Å². The quantitative estimate of drug-likeness (QED) is 0.0578. The molecule has 5 aliphatic heterocycles. The van der Waals surface area contributed by atoms with E-state index in [4.69, 9.17) is 163 Å². The molecule has 8 bridgehead atoms. The summed E-state index contributed by atoms with van der Waals surface area (Å²) in [5.41, 5.74) is 9.75. The summed E-state index contributed by atoms with van der Waals surface area (Å²) in [6.07, 6.45) is 14.1. The zero-order valence-corrected chi connectivity index (χ0v) is 49.4. The number of halogens is 18. The van der Waals surface area contributed by atoms with Crippen LogP contribution in [0.3, 0.4) is 0 Å². The Balaban J connectivity index is 0.000000704. The number of hydrogen-bond donors (Lipinski definition) is 1. The van der Waals surface area contributed by atoms with Crippen LogP contribution in [-0.2, 0) is 55.7 Å². The second kappa shape index (κ2) is 36.0. The van der Waals surface area contributed by atoms with Gasteiger partial charge >= 0.3 is 33.0 Å². The summed E-state index contributed by atoms with van der Waals surface area (Å²) in [6.45, 7) is 4.91. The topological polar surface area (TPSA) is 66.4 Å². The number of allylic oxidation sites excluding steroid dienone is 4. The van der Waals surface area contributed by atoms with E-state index in [1.165, 1.54) is 24.8 Å². The number of hydrogen-bond acceptors (Lipinski definition) is 5. The minimum atomic E-state index is -10.7. The van der Waals surface area contributed by atoms with Crippen LogP contribution in [-0.4, -0.2) is 28.7 Å². The Morgan fingerprint density at radius 3 is 1.29 bits per heavy atom. The molecule has 418 valence electrons. The van der Waals surface area contributed by atoms with Crippen molar-refractivity contribution < 1.29 is 49.4 Å². The molecule has 1 aromatic heterocycles. The van der Waals surface area contributed by atoms with Crippen molar-refractivity contribution in [3.63, 3.8) is 0 Å². The summed E-state index contributed by atoms with van der Waals surface area (Å²) in [5, 5.41) is 2.43. The van der Waals surface area contributed by atoms with Crippen molar-refractivity contribution in [1.82, 2.24) is 4.98 Å². The molecule has 0 amide bonds. The molecule has 75 heavy (non-hydrogen) atoms. The predicted molar refractivity (Wildman–Crippen MR) is 304 cm³/mol. The van der Waals surface area contributed by atoms with Crippen molar-refractivity contribution in [1.29, 1.82) is 0 Å². The van der Waals surface area contributed by atoms with E-state index < -0.39 is 25.0 Å². The Labute approximate surface area is 494 Å². The number of benzene rings is 4. The normalized spacial score (nSPS) is 15.5. The van der Waals surface area contributed by atoms with Crippen LogP contribution < -0.4 is 14.8 Å². The molecule has 0 saturated heterocycles. The number of fused-ring (bicyclic) bond motifs is 1. The number of quaternary nitrogens is 1. The molecular formula is C50H53Cl12F6N2O4P. The van der Waals surface area contributed by atoms with Gasteiger partial charge in [-0.15, -0.1) is 0 Å². The van der Waals surface area contributed by atoms with Crippen LogP contribution >= 0.6 is 147 Å². The average molecular weight is 1320 g/mol. The zero-order chi connectivity index (χ0) is 55.9. The number of aromatic nitrogens is 1. The average Bonchev–Trinajstić information content (AvgIpc) is 3.58. The SMILES string of the molecule is C1=CC[C@H](CCC[NH2+]Cc2ccc(-c3cc4nc(c3)COCc3ccc(cc3)OCc3ccc(cc3)COc3ccc(cc3)COC4)cc2)C=CC1.ClC(Cl)Cl.ClC(Cl)Cl.ClC(Cl)Cl.ClC(Cl)Cl.F[P-](F)(F)(F)(F)F. The molecule has 0 saturated carbocycles. The van der Waals surface area contributed by atoms with E-state index in [2.05, 4.69) is 115 Å². The molecule has 6 aliphatic rings. The second-order valence-corrected chi connectivity index (χ2v) is 25.5. The zero-order valence-electron chi connectivity index (χ0n) is 39.5. The maximum atomic E-state index is 9.87. The van der Waals surface area contributed by atoms with Gasteiger partial charge in [-0.25, -0.2) is 0 Å². The van der Waals surface area contributed by atoms with Gasteiger partial charge in [-0.1, -0.05) is 236 Å². The first-order valence-electron chi connectivity index (χ1n) is 22.2. The molecule has 11 rings (SSSR count). The third kappa shape index (κ3) is 41.2. The monoisotopic (exact) mass is 1310 g/mol. The summed E-state index contributed by atoms with van der Waals surface area (Å²) in [4.78, 5) is 4.94. The molecule has 0 fully saturated rings. The number of pyridine rings is 1. The van der Waals surface area contributed by atoms with E-state index in [9.17, 15) is 25.2 Å². The van der Waals surface area contributed by atoms with Crippen LogP contribution in [0, 0.1) is 5.92 Å². The summed E-state index contributed by atoms with van der Waals surface area (Å²) in [5.74, 6) is 2.35. The number of alkyl halides is 12. The van der Waals surface area contributed by atoms with Gasteiger partial charge < -0.3 is 24.3 Å². The van der Waals surface area contributed by atoms with Crippen molar-refractivity contribution in [2.24, 2.45) is 5.92 Å². The van der Waals surface area contributed by atoms with E-state index in [1.54, 1.807) is 0 Å². The van der Waals surface area contributed by atoms with Crippen LogP contribution in [0.5, 0.6) is 11.5 Å². The molecule has 1 aliphatic carbocycles. The molecule has 2 N–H and O–H groups in total. The van der Waals surface area contributed by atoms with Crippen LogP contribution in [0.4, 0.5) is 25.2 Å². The minimum absolute atomic E-state index is 0.399. The Morgan fingerprint density at radius 1 is 0.493 bits per heavy atom. The number of ether oxygens (including phenoxy) is 4. The molecule has 6 heterocycles. The van der Waals surface area contributed by atoms with Gasteiger partial charge in [0.15, 0.2) is 17.2 Å². The van der Waals surface area contributed by atoms with E-state index in [1.807, 2.05) is 24.3 Å². The van der Waals surface area contributed by atoms with Crippen molar-refractivity contribution in [3.05, 3.63) is 173 Å². The van der Waals surface area contributed by atoms with Gasteiger partial charge in [0, 0.05) is 5.56 Å². The molecule has 0 unspecified atom stereocenters. The predicted octanol–water partition coefficient (Wildman–Crippen LogP) is 20.3. The fourth-order valence-corrected chi connectivity index (χ4v) is 6.58. The van der Waals surface area contributed by atoms with Gasteiger partial charge in [-0.2, -0.15) is 0 Å². The molecule has 25 heteroatoms. The third-order valence-electron chi connectivity index (χ3n) is 9.59. The van der Waals surface area contributed by atoms with E-state index >= 15 is 0 Å². The van der Waals surface area contributed by atoms with E-state index in [0.29, 0.717) is 45.6 Å². The second-order valence-electron chi connectivity index (χ2n) is 15.7. The molecule has 0 radical (unpaired) electrons.